The molecule has 0 amide bonds. The van der Waals surface area contributed by atoms with Crippen molar-refractivity contribution >= 4 is 35.8 Å². The SMILES string of the molecule is CP(C)(=O)c1cccc(Nc2nc(Nc3cc4c5c(c3)CN(C3CC3)C[C@H]5CCC4)ncc2C#N)n1. The molecule has 1 aromatic carbocycles. The molecule has 0 spiro atoms. The van der Waals surface area contributed by atoms with Crippen LogP contribution in [0.3, 0.4) is 0 Å². The molecular weight excluding hydrogens is 469 g/mol. The Bertz CT molecular complexity index is 1420. The highest BCUT2D eigenvalue weighted by Crippen LogP contribution is 2.43. The highest BCUT2D eigenvalue weighted by molar-refractivity contribution is 7.69. The molecule has 3 aliphatic rings. The molecule has 0 radical (unpaired) electrons. The Morgan fingerprint density at radius 1 is 1.11 bits per heavy atom. The average Bonchev–Trinajstić information content (AvgIpc) is 3.70. The molecule has 3 heterocycles. The van der Waals surface area contributed by atoms with Crippen LogP contribution in [-0.4, -0.2) is 45.8 Å². The molecule has 2 N–H and O–H groups in total. The maximum atomic E-state index is 12.5. The Balaban J connectivity index is 1.29. The van der Waals surface area contributed by atoms with Crippen LogP contribution in [0.15, 0.2) is 36.5 Å². The zero-order chi connectivity index (χ0) is 24.9. The van der Waals surface area contributed by atoms with Crippen LogP contribution in [0.2, 0.25) is 0 Å². The van der Waals surface area contributed by atoms with Gasteiger partial charge < -0.3 is 15.2 Å². The first-order valence-electron chi connectivity index (χ1n) is 12.6. The quantitative estimate of drug-likeness (QED) is 0.463. The molecule has 9 heteroatoms. The number of pyridine rings is 1. The van der Waals surface area contributed by atoms with E-state index >= 15 is 0 Å². The minimum Gasteiger partial charge on any atom is -0.324 e. The molecule has 1 fully saturated rings. The summed E-state index contributed by atoms with van der Waals surface area (Å²) in [5.74, 6) is 1.92. The van der Waals surface area contributed by atoms with Crippen LogP contribution in [0.4, 0.5) is 23.3 Å². The third-order valence-electron chi connectivity index (χ3n) is 7.35. The molecule has 1 atom stereocenters. The van der Waals surface area contributed by atoms with E-state index in [0.29, 0.717) is 34.5 Å². The molecule has 8 nitrogen and oxygen atoms in total. The Kier molecular flexibility index (Phi) is 5.78. The molecule has 184 valence electrons. The van der Waals surface area contributed by atoms with E-state index in [2.05, 4.69) is 48.7 Å². The number of aromatic nitrogens is 3. The van der Waals surface area contributed by atoms with Crippen molar-refractivity contribution in [2.24, 2.45) is 0 Å². The van der Waals surface area contributed by atoms with E-state index in [1.165, 1.54) is 49.6 Å². The molecule has 2 aliphatic carbocycles. The standard InChI is InChI=1S/C27H30N7OP/c1-36(2,35)24-8-4-7-23(31-24)32-26-20(13-28)14-29-27(33-26)30-21-11-17-5-3-6-18-15-34(22-9-10-22)16-19(12-21)25(17)18/h4,7-8,11-12,14,18,22H,3,5-6,9-10,15-16H2,1-2H3,(H2,29,30,31,32,33)/t18-/m1/s1. The first-order valence-corrected chi connectivity index (χ1v) is 15.2. The minimum atomic E-state index is -2.51. The van der Waals surface area contributed by atoms with Gasteiger partial charge in [-0.25, -0.2) is 9.97 Å². The van der Waals surface area contributed by atoms with Crippen LogP contribution in [-0.2, 0) is 17.5 Å². The smallest absolute Gasteiger partial charge is 0.229 e. The topological polar surface area (TPSA) is 107 Å². The van der Waals surface area contributed by atoms with Gasteiger partial charge in [0.15, 0.2) is 5.82 Å². The van der Waals surface area contributed by atoms with Gasteiger partial charge >= 0.3 is 0 Å². The first-order chi connectivity index (χ1) is 17.4. The summed E-state index contributed by atoms with van der Waals surface area (Å²) in [6, 6.07) is 12.7. The van der Waals surface area contributed by atoms with E-state index in [1.54, 1.807) is 37.1 Å². The molecule has 36 heavy (non-hydrogen) atoms. The summed E-state index contributed by atoms with van der Waals surface area (Å²) in [5, 5.41) is 16.1. The van der Waals surface area contributed by atoms with Crippen molar-refractivity contribution in [1.82, 2.24) is 19.9 Å². The summed E-state index contributed by atoms with van der Waals surface area (Å²) in [6.45, 7) is 5.59. The van der Waals surface area contributed by atoms with Crippen LogP contribution in [0.1, 0.15) is 53.9 Å². The highest BCUT2D eigenvalue weighted by Gasteiger charge is 2.37. The number of rotatable bonds is 6. The van der Waals surface area contributed by atoms with E-state index in [0.717, 1.165) is 24.7 Å². The van der Waals surface area contributed by atoms with Crippen molar-refractivity contribution < 1.29 is 4.57 Å². The lowest BCUT2D eigenvalue weighted by Gasteiger charge is -2.39. The Morgan fingerprint density at radius 3 is 2.72 bits per heavy atom. The van der Waals surface area contributed by atoms with Gasteiger partial charge in [-0.3, -0.25) is 4.90 Å². The predicted octanol–water partition coefficient (Wildman–Crippen LogP) is 4.88. The summed E-state index contributed by atoms with van der Waals surface area (Å²) in [7, 11) is -2.51. The second-order valence-corrected chi connectivity index (χ2v) is 13.7. The fraction of sp³-hybridized carbons (Fsp3) is 0.407. The van der Waals surface area contributed by atoms with Gasteiger partial charge in [0.05, 0.1) is 6.20 Å². The maximum Gasteiger partial charge on any atom is 0.229 e. The molecule has 0 unspecified atom stereocenters. The monoisotopic (exact) mass is 499 g/mol. The van der Waals surface area contributed by atoms with E-state index in [-0.39, 0.29) is 0 Å². The largest absolute Gasteiger partial charge is 0.324 e. The molecular formula is C27H30N7OP. The van der Waals surface area contributed by atoms with Crippen LogP contribution in [0.25, 0.3) is 0 Å². The molecule has 3 aromatic rings. The fourth-order valence-corrected chi connectivity index (χ4v) is 6.32. The van der Waals surface area contributed by atoms with E-state index in [4.69, 9.17) is 0 Å². The fourth-order valence-electron chi connectivity index (χ4n) is 5.53. The highest BCUT2D eigenvalue weighted by atomic mass is 31.2. The second-order valence-electron chi connectivity index (χ2n) is 10.5. The summed E-state index contributed by atoms with van der Waals surface area (Å²) in [6.07, 6.45) is 7.79. The van der Waals surface area contributed by atoms with Gasteiger partial charge in [-0.05, 0) is 92.3 Å². The van der Waals surface area contributed by atoms with Crippen molar-refractivity contribution in [3.05, 3.63) is 58.8 Å². The summed E-state index contributed by atoms with van der Waals surface area (Å²) >= 11 is 0. The molecule has 1 aliphatic heterocycles. The lowest BCUT2D eigenvalue weighted by atomic mass is 9.77. The number of nitrogens with one attached hydrogen (secondary N) is 2. The summed E-state index contributed by atoms with van der Waals surface area (Å²) in [5.41, 5.74) is 6.26. The van der Waals surface area contributed by atoms with Crippen LogP contribution in [0.5, 0.6) is 0 Å². The summed E-state index contributed by atoms with van der Waals surface area (Å²) in [4.78, 5) is 16.1. The van der Waals surface area contributed by atoms with Crippen molar-refractivity contribution in [3.8, 4) is 6.07 Å². The van der Waals surface area contributed by atoms with E-state index in [9.17, 15) is 9.83 Å². The zero-order valence-corrected chi connectivity index (χ0v) is 21.6. The molecule has 2 aromatic heterocycles. The summed E-state index contributed by atoms with van der Waals surface area (Å²) < 4.78 is 12.5. The number of nitriles is 1. The van der Waals surface area contributed by atoms with E-state index in [1.807, 2.05) is 0 Å². The van der Waals surface area contributed by atoms with Gasteiger partial charge in [0.2, 0.25) is 5.95 Å². The van der Waals surface area contributed by atoms with Gasteiger partial charge in [-0.15, -0.1) is 0 Å². The Labute approximate surface area is 211 Å². The molecule has 1 saturated carbocycles. The van der Waals surface area contributed by atoms with Gasteiger partial charge in [0, 0.05) is 24.8 Å². The van der Waals surface area contributed by atoms with Crippen LogP contribution in [0, 0.1) is 11.3 Å². The van der Waals surface area contributed by atoms with Crippen LogP contribution >= 0.6 is 7.14 Å². The maximum absolute atomic E-state index is 12.5. The Morgan fingerprint density at radius 2 is 1.94 bits per heavy atom. The number of hydrogen-bond acceptors (Lipinski definition) is 8. The lowest BCUT2D eigenvalue weighted by molar-refractivity contribution is 0.210. The van der Waals surface area contributed by atoms with Crippen molar-refractivity contribution in [2.75, 3.05) is 30.5 Å². The third kappa shape index (κ3) is 4.61. The normalized spacial score (nSPS) is 19.3. The average molecular weight is 500 g/mol. The second kappa shape index (κ2) is 8.99. The number of anilines is 4. The van der Waals surface area contributed by atoms with Crippen molar-refractivity contribution in [3.63, 3.8) is 0 Å². The lowest BCUT2D eigenvalue weighted by Crippen LogP contribution is -2.37. The minimum absolute atomic E-state index is 0.312. The molecule has 0 bridgehead atoms. The zero-order valence-electron chi connectivity index (χ0n) is 20.7. The third-order valence-corrected chi connectivity index (χ3v) is 8.70. The van der Waals surface area contributed by atoms with Gasteiger partial charge in [0.25, 0.3) is 0 Å². The van der Waals surface area contributed by atoms with Crippen molar-refractivity contribution in [2.45, 2.75) is 50.6 Å². The predicted molar refractivity (Wildman–Crippen MR) is 142 cm³/mol. The number of nitrogens with zero attached hydrogens (tertiary/aromatic N) is 5. The van der Waals surface area contributed by atoms with Crippen LogP contribution < -0.4 is 16.1 Å². The van der Waals surface area contributed by atoms with Crippen molar-refractivity contribution in [1.29, 1.82) is 5.26 Å². The van der Waals surface area contributed by atoms with Gasteiger partial charge in [-0.2, -0.15) is 10.2 Å². The van der Waals surface area contributed by atoms with E-state index < -0.39 is 7.14 Å². The Hall–Kier alpha value is -3.27. The number of benzene rings is 1. The first kappa shape index (κ1) is 23.1. The number of aryl methyl sites for hydroxylation is 1. The molecule has 6 rings (SSSR count). The van der Waals surface area contributed by atoms with Gasteiger partial charge in [-0.1, -0.05) is 6.07 Å². The number of hydrogen-bond donors (Lipinski definition) is 2. The van der Waals surface area contributed by atoms with Gasteiger partial charge in [0.1, 0.15) is 30.0 Å². The molecule has 0 saturated heterocycles.